The molecule has 0 unspecified atom stereocenters. The first-order valence-electron chi connectivity index (χ1n) is 6.51. The third-order valence-corrected chi connectivity index (χ3v) is 2.99. The minimum absolute atomic E-state index is 0.698. The van der Waals surface area contributed by atoms with Gasteiger partial charge in [-0.1, -0.05) is 13.3 Å². The van der Waals surface area contributed by atoms with Crippen molar-refractivity contribution in [2.24, 2.45) is 0 Å². The molecule has 0 atom stereocenters. The number of furan rings is 1. The van der Waals surface area contributed by atoms with Gasteiger partial charge in [-0.25, -0.2) is 9.97 Å². The van der Waals surface area contributed by atoms with Crippen molar-refractivity contribution in [1.82, 2.24) is 9.97 Å². The van der Waals surface area contributed by atoms with Crippen LogP contribution in [0.5, 0.6) is 0 Å². The Balaban J connectivity index is 2.27. The van der Waals surface area contributed by atoms with Crippen molar-refractivity contribution in [1.29, 1.82) is 0 Å². The predicted molar refractivity (Wildman–Crippen MR) is 76.4 cm³/mol. The fraction of sp³-hybridized carbons (Fsp3) is 0.429. The van der Waals surface area contributed by atoms with E-state index >= 15 is 0 Å². The molecule has 0 spiro atoms. The first kappa shape index (κ1) is 13.4. The third kappa shape index (κ3) is 3.05. The molecule has 2 rings (SSSR count). The molecular formula is C14H20N4O. The molecule has 0 saturated carbocycles. The molecule has 102 valence electrons. The normalized spacial score (nSPS) is 10.5. The van der Waals surface area contributed by atoms with Gasteiger partial charge in [0.2, 0.25) is 0 Å². The second-order valence-electron chi connectivity index (χ2n) is 4.46. The quantitative estimate of drug-likeness (QED) is 0.865. The number of anilines is 2. The highest BCUT2D eigenvalue weighted by molar-refractivity contribution is 5.58. The fourth-order valence-electron chi connectivity index (χ4n) is 2.14. The number of hydrogen-bond donors (Lipinski definition) is 1. The average molecular weight is 260 g/mol. The highest BCUT2D eigenvalue weighted by Crippen LogP contribution is 2.25. The van der Waals surface area contributed by atoms with E-state index < -0.39 is 0 Å². The molecule has 0 fully saturated rings. The SMILES string of the molecule is CCCc1c(NC)ncnc1N(C)Cc1ccco1. The fourth-order valence-corrected chi connectivity index (χ4v) is 2.14. The average Bonchev–Trinajstić information content (AvgIpc) is 2.92. The zero-order chi connectivity index (χ0) is 13.7. The monoisotopic (exact) mass is 260 g/mol. The highest BCUT2D eigenvalue weighted by atomic mass is 16.3. The van der Waals surface area contributed by atoms with E-state index in [0.717, 1.165) is 35.8 Å². The number of nitrogens with zero attached hydrogens (tertiary/aromatic N) is 3. The Bertz CT molecular complexity index is 510. The Kier molecular flexibility index (Phi) is 4.39. The van der Waals surface area contributed by atoms with Gasteiger partial charge in [0, 0.05) is 19.7 Å². The van der Waals surface area contributed by atoms with E-state index in [4.69, 9.17) is 4.42 Å². The topological polar surface area (TPSA) is 54.2 Å². The van der Waals surface area contributed by atoms with Crippen molar-refractivity contribution >= 4 is 11.6 Å². The molecule has 0 aliphatic heterocycles. The molecular weight excluding hydrogens is 240 g/mol. The maximum Gasteiger partial charge on any atom is 0.137 e. The maximum absolute atomic E-state index is 5.38. The van der Waals surface area contributed by atoms with Crippen LogP contribution in [0.15, 0.2) is 29.1 Å². The van der Waals surface area contributed by atoms with Crippen molar-refractivity contribution in [3.05, 3.63) is 36.0 Å². The summed E-state index contributed by atoms with van der Waals surface area (Å²) in [4.78, 5) is 10.8. The van der Waals surface area contributed by atoms with E-state index in [1.165, 1.54) is 0 Å². The lowest BCUT2D eigenvalue weighted by Crippen LogP contribution is -2.20. The van der Waals surface area contributed by atoms with E-state index in [2.05, 4.69) is 27.1 Å². The Hall–Kier alpha value is -2.04. The molecule has 0 aliphatic rings. The van der Waals surface area contributed by atoms with E-state index in [9.17, 15) is 0 Å². The summed E-state index contributed by atoms with van der Waals surface area (Å²) in [5.41, 5.74) is 1.15. The zero-order valence-corrected chi connectivity index (χ0v) is 11.7. The molecule has 0 radical (unpaired) electrons. The Morgan fingerprint density at radius 1 is 1.37 bits per heavy atom. The lowest BCUT2D eigenvalue weighted by atomic mass is 10.1. The summed E-state index contributed by atoms with van der Waals surface area (Å²) in [6.07, 6.45) is 5.30. The van der Waals surface area contributed by atoms with Crippen LogP contribution in [-0.2, 0) is 13.0 Å². The Labute approximate surface area is 113 Å². The van der Waals surface area contributed by atoms with Crippen molar-refractivity contribution in [3.8, 4) is 0 Å². The standard InChI is InChI=1S/C14H20N4O/c1-4-6-12-13(15-2)16-10-17-14(12)18(3)9-11-7-5-8-19-11/h5,7-8,10H,4,6,9H2,1-3H3,(H,15,16,17). The summed E-state index contributed by atoms with van der Waals surface area (Å²) in [7, 11) is 3.90. The van der Waals surface area contributed by atoms with Gasteiger partial charge in [0.15, 0.2) is 0 Å². The van der Waals surface area contributed by atoms with Crippen LogP contribution in [0.25, 0.3) is 0 Å². The summed E-state index contributed by atoms with van der Waals surface area (Å²) >= 11 is 0. The largest absolute Gasteiger partial charge is 0.467 e. The van der Waals surface area contributed by atoms with Gasteiger partial charge in [-0.3, -0.25) is 0 Å². The summed E-state index contributed by atoms with van der Waals surface area (Å²) < 4.78 is 5.38. The van der Waals surface area contributed by atoms with E-state index in [-0.39, 0.29) is 0 Å². The van der Waals surface area contributed by atoms with Gasteiger partial charge in [0.1, 0.15) is 23.7 Å². The molecule has 5 heteroatoms. The van der Waals surface area contributed by atoms with Crippen LogP contribution >= 0.6 is 0 Å². The molecule has 19 heavy (non-hydrogen) atoms. The lowest BCUT2D eigenvalue weighted by molar-refractivity contribution is 0.506. The second kappa shape index (κ2) is 6.22. The van der Waals surface area contributed by atoms with Crippen LogP contribution in [0.2, 0.25) is 0 Å². The van der Waals surface area contributed by atoms with Gasteiger partial charge < -0.3 is 14.6 Å². The van der Waals surface area contributed by atoms with Gasteiger partial charge in [-0.2, -0.15) is 0 Å². The predicted octanol–water partition coefficient (Wildman–Crippen LogP) is 2.70. The number of aromatic nitrogens is 2. The summed E-state index contributed by atoms with van der Waals surface area (Å²) in [6.45, 7) is 2.85. The molecule has 0 bridgehead atoms. The van der Waals surface area contributed by atoms with E-state index in [1.54, 1.807) is 12.6 Å². The summed E-state index contributed by atoms with van der Waals surface area (Å²) in [6, 6.07) is 3.87. The molecule has 2 aromatic rings. The first-order chi connectivity index (χ1) is 9.26. The van der Waals surface area contributed by atoms with Gasteiger partial charge in [0.25, 0.3) is 0 Å². The number of hydrogen-bond acceptors (Lipinski definition) is 5. The van der Waals surface area contributed by atoms with Gasteiger partial charge in [0.05, 0.1) is 12.8 Å². The van der Waals surface area contributed by atoms with Crippen LogP contribution in [0.1, 0.15) is 24.7 Å². The van der Waals surface area contributed by atoms with Crippen LogP contribution < -0.4 is 10.2 Å². The molecule has 5 nitrogen and oxygen atoms in total. The van der Waals surface area contributed by atoms with Crippen LogP contribution in [0.4, 0.5) is 11.6 Å². The van der Waals surface area contributed by atoms with Crippen molar-refractivity contribution in [2.75, 3.05) is 24.3 Å². The lowest BCUT2D eigenvalue weighted by Gasteiger charge is -2.21. The minimum atomic E-state index is 0.698. The first-order valence-corrected chi connectivity index (χ1v) is 6.51. The van der Waals surface area contributed by atoms with Crippen LogP contribution in [0.3, 0.4) is 0 Å². The van der Waals surface area contributed by atoms with Gasteiger partial charge in [-0.15, -0.1) is 0 Å². The van der Waals surface area contributed by atoms with E-state index in [0.29, 0.717) is 6.54 Å². The molecule has 2 heterocycles. The zero-order valence-electron chi connectivity index (χ0n) is 11.7. The third-order valence-electron chi connectivity index (χ3n) is 2.99. The molecule has 0 amide bonds. The van der Waals surface area contributed by atoms with Crippen molar-refractivity contribution in [3.63, 3.8) is 0 Å². The van der Waals surface area contributed by atoms with Crippen molar-refractivity contribution in [2.45, 2.75) is 26.3 Å². The summed E-state index contributed by atoms with van der Waals surface area (Å²) in [5.74, 6) is 2.78. The molecule has 1 N–H and O–H groups in total. The number of nitrogens with one attached hydrogen (secondary N) is 1. The molecule has 2 aromatic heterocycles. The number of rotatable bonds is 6. The smallest absolute Gasteiger partial charge is 0.137 e. The maximum atomic E-state index is 5.38. The Morgan fingerprint density at radius 2 is 2.21 bits per heavy atom. The van der Waals surface area contributed by atoms with Gasteiger partial charge >= 0.3 is 0 Å². The van der Waals surface area contributed by atoms with Crippen LogP contribution in [-0.4, -0.2) is 24.1 Å². The molecule has 0 aliphatic carbocycles. The summed E-state index contributed by atoms with van der Waals surface area (Å²) in [5, 5.41) is 3.13. The van der Waals surface area contributed by atoms with Crippen molar-refractivity contribution < 1.29 is 4.42 Å². The van der Waals surface area contributed by atoms with Gasteiger partial charge in [-0.05, 0) is 18.6 Å². The van der Waals surface area contributed by atoms with E-state index in [1.807, 2.05) is 26.2 Å². The minimum Gasteiger partial charge on any atom is -0.467 e. The second-order valence-corrected chi connectivity index (χ2v) is 4.46. The molecule has 0 aromatic carbocycles. The Morgan fingerprint density at radius 3 is 2.84 bits per heavy atom. The molecule has 0 saturated heterocycles. The van der Waals surface area contributed by atoms with Crippen LogP contribution in [0, 0.1) is 0 Å². The highest BCUT2D eigenvalue weighted by Gasteiger charge is 2.14.